The summed E-state index contributed by atoms with van der Waals surface area (Å²) in [7, 11) is 1.83. The Morgan fingerprint density at radius 2 is 2.06 bits per heavy atom. The summed E-state index contributed by atoms with van der Waals surface area (Å²) in [6.45, 7) is 2.41. The van der Waals surface area contributed by atoms with Crippen LogP contribution >= 0.6 is 15.9 Å². The Bertz CT molecular complexity index is 546. The van der Waals surface area contributed by atoms with Crippen molar-refractivity contribution in [3.05, 3.63) is 46.2 Å². The van der Waals surface area contributed by atoms with Gasteiger partial charge in [-0.1, -0.05) is 34.1 Å². The summed E-state index contributed by atoms with van der Waals surface area (Å²) in [6.07, 6.45) is 1.49. The fraction of sp³-hybridized carbons (Fsp3) is 0.231. The number of rotatable bonds is 4. The molecule has 2 aromatic rings. The average molecular weight is 308 g/mol. The van der Waals surface area contributed by atoms with E-state index in [0.717, 1.165) is 21.4 Å². The lowest BCUT2D eigenvalue weighted by atomic mass is 10.2. The van der Waals surface area contributed by atoms with Gasteiger partial charge in [0, 0.05) is 17.1 Å². The molecule has 18 heavy (non-hydrogen) atoms. The van der Waals surface area contributed by atoms with Crippen molar-refractivity contribution in [2.75, 3.05) is 12.4 Å². The molecule has 0 spiro atoms. The van der Waals surface area contributed by atoms with Gasteiger partial charge in [0.25, 0.3) is 0 Å². The van der Waals surface area contributed by atoms with Gasteiger partial charge in [-0.3, -0.25) is 0 Å². The smallest absolute Gasteiger partial charge is 0.221 e. The third-order valence-corrected chi connectivity index (χ3v) is 3.37. The standard InChI is InChI=1S/C13H14BrN3O/c1-9-12(15-2)16-8-17-13(9)18-7-10-5-3-4-6-11(10)14/h3-6,8H,7H2,1-2H3,(H,15,16,17). The third-order valence-electron chi connectivity index (χ3n) is 2.60. The van der Waals surface area contributed by atoms with E-state index < -0.39 is 0 Å². The molecule has 0 saturated carbocycles. The lowest BCUT2D eigenvalue weighted by Crippen LogP contribution is -2.03. The SMILES string of the molecule is CNc1ncnc(OCc2ccccc2Br)c1C. The first-order chi connectivity index (χ1) is 8.72. The number of nitrogens with one attached hydrogen (secondary N) is 1. The van der Waals surface area contributed by atoms with Crippen LogP contribution in [0.3, 0.4) is 0 Å². The number of halogens is 1. The first kappa shape index (κ1) is 12.8. The zero-order chi connectivity index (χ0) is 13.0. The Hall–Kier alpha value is -1.62. The number of benzene rings is 1. The van der Waals surface area contributed by atoms with Crippen molar-refractivity contribution in [2.45, 2.75) is 13.5 Å². The van der Waals surface area contributed by atoms with Gasteiger partial charge in [0.1, 0.15) is 18.8 Å². The van der Waals surface area contributed by atoms with Gasteiger partial charge in [0.2, 0.25) is 5.88 Å². The van der Waals surface area contributed by atoms with E-state index in [0.29, 0.717) is 12.5 Å². The largest absolute Gasteiger partial charge is 0.472 e. The predicted octanol–water partition coefficient (Wildman–Crippen LogP) is 3.17. The molecule has 0 aliphatic rings. The highest BCUT2D eigenvalue weighted by molar-refractivity contribution is 9.10. The molecule has 1 aromatic heterocycles. The molecule has 0 amide bonds. The molecule has 1 heterocycles. The van der Waals surface area contributed by atoms with Crippen LogP contribution in [0.4, 0.5) is 5.82 Å². The molecule has 0 aliphatic heterocycles. The van der Waals surface area contributed by atoms with E-state index in [9.17, 15) is 0 Å². The van der Waals surface area contributed by atoms with E-state index in [1.54, 1.807) is 0 Å². The number of hydrogen-bond acceptors (Lipinski definition) is 4. The van der Waals surface area contributed by atoms with E-state index in [1.165, 1.54) is 6.33 Å². The molecule has 0 saturated heterocycles. The third kappa shape index (κ3) is 2.79. The summed E-state index contributed by atoms with van der Waals surface area (Å²) in [4.78, 5) is 8.26. The highest BCUT2D eigenvalue weighted by Gasteiger charge is 2.07. The molecule has 0 unspecified atom stereocenters. The normalized spacial score (nSPS) is 10.2. The van der Waals surface area contributed by atoms with Crippen molar-refractivity contribution in [1.82, 2.24) is 9.97 Å². The topological polar surface area (TPSA) is 47.0 Å². The van der Waals surface area contributed by atoms with Gasteiger partial charge in [-0.2, -0.15) is 0 Å². The van der Waals surface area contributed by atoms with E-state index in [-0.39, 0.29) is 0 Å². The molecule has 1 N–H and O–H groups in total. The Labute approximate surface area is 115 Å². The highest BCUT2D eigenvalue weighted by Crippen LogP contribution is 2.22. The van der Waals surface area contributed by atoms with Crippen LogP contribution in [0.1, 0.15) is 11.1 Å². The van der Waals surface area contributed by atoms with Gasteiger partial charge in [-0.25, -0.2) is 9.97 Å². The molecule has 4 nitrogen and oxygen atoms in total. The summed E-state index contributed by atoms with van der Waals surface area (Å²) < 4.78 is 6.76. The van der Waals surface area contributed by atoms with Gasteiger partial charge in [-0.05, 0) is 13.0 Å². The second-order valence-corrected chi connectivity index (χ2v) is 4.64. The van der Waals surface area contributed by atoms with Crippen LogP contribution in [0.15, 0.2) is 35.1 Å². The van der Waals surface area contributed by atoms with Crippen molar-refractivity contribution in [2.24, 2.45) is 0 Å². The molecule has 0 radical (unpaired) electrons. The fourth-order valence-electron chi connectivity index (χ4n) is 1.59. The van der Waals surface area contributed by atoms with Crippen LogP contribution in [-0.2, 0) is 6.61 Å². The lowest BCUT2D eigenvalue weighted by Gasteiger charge is -2.11. The molecule has 94 valence electrons. The molecule has 0 fully saturated rings. The predicted molar refractivity (Wildman–Crippen MR) is 74.8 cm³/mol. The van der Waals surface area contributed by atoms with Crippen LogP contribution in [0.25, 0.3) is 0 Å². The van der Waals surface area contributed by atoms with Gasteiger partial charge < -0.3 is 10.1 Å². The Kier molecular flexibility index (Phi) is 4.15. The van der Waals surface area contributed by atoms with Gasteiger partial charge >= 0.3 is 0 Å². The maximum absolute atomic E-state index is 5.73. The molecular weight excluding hydrogens is 294 g/mol. The van der Waals surface area contributed by atoms with Gasteiger partial charge in [-0.15, -0.1) is 0 Å². The summed E-state index contributed by atoms with van der Waals surface area (Å²) in [5.74, 6) is 1.39. The van der Waals surface area contributed by atoms with E-state index >= 15 is 0 Å². The van der Waals surface area contributed by atoms with Crippen LogP contribution in [0, 0.1) is 6.92 Å². The second-order valence-electron chi connectivity index (χ2n) is 3.78. The second kappa shape index (κ2) is 5.82. The molecule has 0 atom stereocenters. The first-order valence-electron chi connectivity index (χ1n) is 5.58. The summed E-state index contributed by atoms with van der Waals surface area (Å²) >= 11 is 3.49. The number of aromatic nitrogens is 2. The number of ether oxygens (including phenoxy) is 1. The highest BCUT2D eigenvalue weighted by atomic mass is 79.9. The monoisotopic (exact) mass is 307 g/mol. The van der Waals surface area contributed by atoms with Crippen LogP contribution in [0.5, 0.6) is 5.88 Å². The zero-order valence-corrected chi connectivity index (χ0v) is 11.9. The van der Waals surface area contributed by atoms with Crippen LogP contribution in [-0.4, -0.2) is 17.0 Å². The minimum atomic E-state index is 0.475. The van der Waals surface area contributed by atoms with E-state index in [4.69, 9.17) is 4.74 Å². The van der Waals surface area contributed by atoms with Crippen LogP contribution < -0.4 is 10.1 Å². The maximum atomic E-state index is 5.73. The molecular formula is C13H14BrN3O. The Morgan fingerprint density at radius 1 is 1.28 bits per heavy atom. The van der Waals surface area contributed by atoms with Crippen LogP contribution in [0.2, 0.25) is 0 Å². The minimum absolute atomic E-state index is 0.475. The number of nitrogens with zero attached hydrogens (tertiary/aromatic N) is 2. The summed E-state index contributed by atoms with van der Waals surface area (Å²) in [5.41, 5.74) is 1.99. The molecule has 1 aromatic carbocycles. The lowest BCUT2D eigenvalue weighted by molar-refractivity contribution is 0.290. The van der Waals surface area contributed by atoms with Crippen molar-refractivity contribution in [3.63, 3.8) is 0 Å². The molecule has 0 aliphatic carbocycles. The van der Waals surface area contributed by atoms with Gasteiger partial charge in [0.15, 0.2) is 0 Å². The minimum Gasteiger partial charge on any atom is -0.472 e. The molecule has 0 bridgehead atoms. The Morgan fingerprint density at radius 3 is 2.78 bits per heavy atom. The summed E-state index contributed by atoms with van der Waals surface area (Å²) in [6, 6.07) is 7.96. The fourth-order valence-corrected chi connectivity index (χ4v) is 1.99. The van der Waals surface area contributed by atoms with Gasteiger partial charge in [0.05, 0.1) is 5.56 Å². The quantitative estimate of drug-likeness (QED) is 0.942. The zero-order valence-electron chi connectivity index (χ0n) is 10.3. The maximum Gasteiger partial charge on any atom is 0.221 e. The Balaban J connectivity index is 2.14. The molecule has 2 rings (SSSR count). The van der Waals surface area contributed by atoms with E-state index in [2.05, 4.69) is 31.2 Å². The molecule has 5 heteroatoms. The van der Waals surface area contributed by atoms with Crippen molar-refractivity contribution < 1.29 is 4.74 Å². The van der Waals surface area contributed by atoms with Crippen molar-refractivity contribution >= 4 is 21.7 Å². The van der Waals surface area contributed by atoms with Crippen molar-refractivity contribution in [3.8, 4) is 5.88 Å². The average Bonchev–Trinajstić information content (AvgIpc) is 2.39. The summed E-state index contributed by atoms with van der Waals surface area (Å²) in [5, 5.41) is 3.00. The number of anilines is 1. The first-order valence-corrected chi connectivity index (χ1v) is 6.37. The number of hydrogen-bond donors (Lipinski definition) is 1. The van der Waals surface area contributed by atoms with E-state index in [1.807, 2.05) is 38.2 Å². The van der Waals surface area contributed by atoms with Crippen molar-refractivity contribution in [1.29, 1.82) is 0 Å².